The van der Waals surface area contributed by atoms with Crippen LogP contribution in [0.1, 0.15) is 10.4 Å². The number of carbonyl (C=O) groups excluding carboxylic acids is 1. The molecule has 0 radical (unpaired) electrons. The second-order valence-corrected chi connectivity index (χ2v) is 4.00. The van der Waals surface area contributed by atoms with Gasteiger partial charge in [0.1, 0.15) is 5.75 Å². The Kier molecular flexibility index (Phi) is 3.65. The summed E-state index contributed by atoms with van der Waals surface area (Å²) >= 11 is 0. The van der Waals surface area contributed by atoms with Crippen LogP contribution in [0.5, 0.6) is 5.75 Å². The van der Waals surface area contributed by atoms with E-state index in [1.165, 1.54) is 37.4 Å². The van der Waals surface area contributed by atoms with Crippen LogP contribution in [0.25, 0.3) is 11.1 Å². The molecule has 0 aliphatic carbocycles. The molecule has 6 nitrogen and oxygen atoms in total. The van der Waals surface area contributed by atoms with Gasteiger partial charge in [0.2, 0.25) is 0 Å². The fourth-order valence-electron chi connectivity index (χ4n) is 1.82. The van der Waals surface area contributed by atoms with Gasteiger partial charge in [0.25, 0.3) is 5.69 Å². The van der Waals surface area contributed by atoms with Crippen LogP contribution in [0.3, 0.4) is 0 Å². The third-order valence-electron chi connectivity index (χ3n) is 2.83. The molecular weight excluding hydrogens is 262 g/mol. The summed E-state index contributed by atoms with van der Waals surface area (Å²) in [5.74, 6) is -0.910. The zero-order valence-corrected chi connectivity index (χ0v) is 10.5. The molecule has 0 saturated carbocycles. The first-order valence-electron chi connectivity index (χ1n) is 5.67. The number of carbonyl (C=O) groups is 1. The summed E-state index contributed by atoms with van der Waals surface area (Å²) < 4.78 is 4.96. The van der Waals surface area contributed by atoms with E-state index >= 15 is 0 Å². The SMILES string of the molecule is COc1ccc(-c2ccc(C(=O)[O-])cc2)c([N+](=O)[O-])c1. The summed E-state index contributed by atoms with van der Waals surface area (Å²) in [6.07, 6.45) is 0. The molecule has 2 aromatic rings. The van der Waals surface area contributed by atoms with E-state index in [1.807, 2.05) is 0 Å². The van der Waals surface area contributed by atoms with Crippen molar-refractivity contribution in [1.29, 1.82) is 0 Å². The number of nitro benzene ring substituents is 1. The summed E-state index contributed by atoms with van der Waals surface area (Å²) in [6.45, 7) is 0. The van der Waals surface area contributed by atoms with Gasteiger partial charge in [-0.3, -0.25) is 10.1 Å². The zero-order chi connectivity index (χ0) is 14.7. The van der Waals surface area contributed by atoms with Gasteiger partial charge in [-0.05, 0) is 23.3 Å². The molecule has 0 spiro atoms. The standard InChI is InChI=1S/C14H11NO5/c1-20-11-6-7-12(13(8-11)15(18)19)9-2-4-10(5-3-9)14(16)17/h2-8H,1H3,(H,16,17)/p-1. The first-order chi connectivity index (χ1) is 9.52. The number of aromatic carboxylic acids is 1. The molecule has 0 heterocycles. The topological polar surface area (TPSA) is 92.5 Å². The molecule has 2 rings (SSSR count). The van der Waals surface area contributed by atoms with Crippen LogP contribution in [0.4, 0.5) is 5.69 Å². The molecule has 0 amide bonds. The average molecular weight is 272 g/mol. The number of methoxy groups -OCH3 is 1. The van der Waals surface area contributed by atoms with Crippen molar-refractivity contribution < 1.29 is 19.6 Å². The number of carboxylic acid groups (broad SMARTS) is 1. The third kappa shape index (κ3) is 2.59. The van der Waals surface area contributed by atoms with Gasteiger partial charge in [-0.1, -0.05) is 24.3 Å². The van der Waals surface area contributed by atoms with E-state index in [1.54, 1.807) is 12.1 Å². The minimum absolute atomic E-state index is 0.0184. The molecule has 2 aromatic carbocycles. The summed E-state index contributed by atoms with van der Waals surface area (Å²) in [4.78, 5) is 21.2. The predicted octanol–water partition coefficient (Wildman–Crippen LogP) is 1.63. The Hall–Kier alpha value is -2.89. The van der Waals surface area contributed by atoms with Gasteiger partial charge >= 0.3 is 0 Å². The Morgan fingerprint density at radius 1 is 1.15 bits per heavy atom. The molecule has 0 N–H and O–H groups in total. The Morgan fingerprint density at radius 2 is 1.80 bits per heavy atom. The van der Waals surface area contributed by atoms with Crippen molar-refractivity contribution in [1.82, 2.24) is 0 Å². The van der Waals surface area contributed by atoms with Gasteiger partial charge in [0, 0.05) is 0 Å². The minimum atomic E-state index is -1.29. The lowest BCUT2D eigenvalue weighted by Crippen LogP contribution is -2.21. The highest BCUT2D eigenvalue weighted by atomic mass is 16.6. The molecule has 0 aliphatic rings. The lowest BCUT2D eigenvalue weighted by molar-refractivity contribution is -0.384. The second-order valence-electron chi connectivity index (χ2n) is 4.00. The highest BCUT2D eigenvalue weighted by Crippen LogP contribution is 2.33. The van der Waals surface area contributed by atoms with Gasteiger partial charge in [-0.2, -0.15) is 0 Å². The van der Waals surface area contributed by atoms with Crippen molar-refractivity contribution >= 4 is 11.7 Å². The van der Waals surface area contributed by atoms with Crippen LogP contribution in [-0.4, -0.2) is 18.0 Å². The third-order valence-corrected chi connectivity index (χ3v) is 2.83. The van der Waals surface area contributed by atoms with Gasteiger partial charge in [0.05, 0.1) is 29.6 Å². The van der Waals surface area contributed by atoms with E-state index in [0.29, 0.717) is 16.9 Å². The second kappa shape index (κ2) is 5.40. The smallest absolute Gasteiger partial charge is 0.280 e. The molecule has 6 heteroatoms. The first-order valence-corrected chi connectivity index (χ1v) is 5.67. The molecule has 0 unspecified atom stereocenters. The van der Waals surface area contributed by atoms with Crippen LogP contribution >= 0.6 is 0 Å². The predicted molar refractivity (Wildman–Crippen MR) is 69.4 cm³/mol. The van der Waals surface area contributed by atoms with Crippen molar-refractivity contribution in [2.24, 2.45) is 0 Å². The molecule has 0 aliphatic heterocycles. The first kappa shape index (κ1) is 13.5. The Labute approximate surface area is 114 Å². The van der Waals surface area contributed by atoms with Crippen LogP contribution in [0.15, 0.2) is 42.5 Å². The maximum absolute atomic E-state index is 11.1. The van der Waals surface area contributed by atoms with Crippen molar-refractivity contribution in [3.05, 3.63) is 58.1 Å². The number of hydrogen-bond donors (Lipinski definition) is 0. The normalized spacial score (nSPS) is 10.1. The Balaban J connectivity index is 2.51. The van der Waals surface area contributed by atoms with E-state index in [4.69, 9.17) is 4.74 Å². The number of benzene rings is 2. The highest BCUT2D eigenvalue weighted by molar-refractivity contribution is 5.87. The van der Waals surface area contributed by atoms with Crippen LogP contribution in [0, 0.1) is 10.1 Å². The summed E-state index contributed by atoms with van der Waals surface area (Å²) in [7, 11) is 1.42. The quantitative estimate of drug-likeness (QED) is 0.623. The molecular formula is C14H10NO5-. The van der Waals surface area contributed by atoms with Crippen LogP contribution in [0.2, 0.25) is 0 Å². The van der Waals surface area contributed by atoms with E-state index in [2.05, 4.69) is 0 Å². The molecule has 0 bridgehead atoms. The largest absolute Gasteiger partial charge is 0.545 e. The van der Waals surface area contributed by atoms with Crippen LogP contribution < -0.4 is 9.84 Å². The number of carboxylic acids is 1. The van der Waals surface area contributed by atoms with E-state index in [0.717, 1.165) is 0 Å². The lowest BCUT2D eigenvalue weighted by Gasteiger charge is -2.07. The monoisotopic (exact) mass is 272 g/mol. The summed E-state index contributed by atoms with van der Waals surface area (Å²) in [6, 6.07) is 10.2. The summed E-state index contributed by atoms with van der Waals surface area (Å²) in [5, 5.41) is 21.8. The van der Waals surface area contributed by atoms with Crippen molar-refractivity contribution in [3.8, 4) is 16.9 Å². The lowest BCUT2D eigenvalue weighted by atomic mass is 10.0. The number of nitrogens with zero attached hydrogens (tertiary/aromatic N) is 1. The van der Waals surface area contributed by atoms with E-state index in [9.17, 15) is 20.0 Å². The minimum Gasteiger partial charge on any atom is -0.545 e. The maximum atomic E-state index is 11.1. The maximum Gasteiger partial charge on any atom is 0.280 e. The molecule has 0 atom stereocenters. The highest BCUT2D eigenvalue weighted by Gasteiger charge is 2.16. The Morgan fingerprint density at radius 3 is 2.30 bits per heavy atom. The average Bonchev–Trinajstić information content (AvgIpc) is 2.46. The fourth-order valence-corrected chi connectivity index (χ4v) is 1.82. The zero-order valence-electron chi connectivity index (χ0n) is 10.5. The van der Waals surface area contributed by atoms with Gasteiger partial charge in [0.15, 0.2) is 0 Å². The molecule has 102 valence electrons. The molecule has 0 fully saturated rings. The van der Waals surface area contributed by atoms with Crippen molar-refractivity contribution in [3.63, 3.8) is 0 Å². The van der Waals surface area contributed by atoms with Crippen molar-refractivity contribution in [2.75, 3.05) is 7.11 Å². The Bertz CT molecular complexity index is 664. The molecule has 0 saturated heterocycles. The molecule has 20 heavy (non-hydrogen) atoms. The van der Waals surface area contributed by atoms with E-state index in [-0.39, 0.29) is 11.3 Å². The van der Waals surface area contributed by atoms with E-state index < -0.39 is 10.9 Å². The summed E-state index contributed by atoms with van der Waals surface area (Å²) in [5.41, 5.74) is 0.848. The van der Waals surface area contributed by atoms with Crippen molar-refractivity contribution in [2.45, 2.75) is 0 Å². The fraction of sp³-hybridized carbons (Fsp3) is 0.0714. The van der Waals surface area contributed by atoms with Gasteiger partial charge in [-0.15, -0.1) is 0 Å². The number of nitro groups is 1. The number of hydrogen-bond acceptors (Lipinski definition) is 5. The van der Waals surface area contributed by atoms with Crippen LogP contribution in [-0.2, 0) is 0 Å². The number of rotatable bonds is 4. The van der Waals surface area contributed by atoms with Gasteiger partial charge in [-0.25, -0.2) is 0 Å². The van der Waals surface area contributed by atoms with Gasteiger partial charge < -0.3 is 14.6 Å². The molecule has 0 aromatic heterocycles. The number of ether oxygens (including phenoxy) is 1.